The molecular weight excluding hydrogens is 358 g/mol. The lowest BCUT2D eigenvalue weighted by Crippen LogP contribution is -2.39. The molecule has 0 atom stereocenters. The largest absolute Gasteiger partial charge is 0.397 e. The molecular formula is C14H21BrClN3O2. The van der Waals surface area contributed by atoms with E-state index in [4.69, 9.17) is 5.73 Å². The predicted octanol–water partition coefficient (Wildman–Crippen LogP) is 2.86. The minimum absolute atomic E-state index is 0. The molecule has 0 aliphatic rings. The summed E-state index contributed by atoms with van der Waals surface area (Å²) in [4.78, 5) is 23.5. The molecule has 1 aromatic rings. The number of benzene rings is 1. The van der Waals surface area contributed by atoms with Gasteiger partial charge in [0, 0.05) is 9.89 Å². The molecule has 5 nitrogen and oxygen atoms in total. The molecule has 0 saturated heterocycles. The number of nitrogens with two attached hydrogens (primary N) is 1. The molecule has 0 aliphatic carbocycles. The standard InChI is InChI=1S/C14H20BrN3O2.ClH/c1-8-5-9(15)6-10(12(8)16)18-11(19)7-17-13(20)14(2,3)4;/h5-6H,7,16H2,1-4H3,(H,17,20)(H,18,19);1H. The van der Waals surface area contributed by atoms with E-state index in [-0.39, 0.29) is 30.8 Å². The maximum absolute atomic E-state index is 11.8. The van der Waals surface area contributed by atoms with Crippen LogP contribution in [-0.4, -0.2) is 18.4 Å². The molecule has 4 N–H and O–H groups in total. The lowest BCUT2D eigenvalue weighted by atomic mass is 9.96. The molecule has 0 fully saturated rings. The Morgan fingerprint density at radius 1 is 1.29 bits per heavy atom. The number of rotatable bonds is 3. The van der Waals surface area contributed by atoms with Crippen molar-refractivity contribution in [3.63, 3.8) is 0 Å². The van der Waals surface area contributed by atoms with Crippen molar-refractivity contribution < 1.29 is 9.59 Å². The highest BCUT2D eigenvalue weighted by Gasteiger charge is 2.21. The van der Waals surface area contributed by atoms with E-state index in [1.807, 2.05) is 13.0 Å². The quantitative estimate of drug-likeness (QED) is 0.707. The summed E-state index contributed by atoms with van der Waals surface area (Å²) in [6.45, 7) is 7.14. The van der Waals surface area contributed by atoms with Gasteiger partial charge in [-0.05, 0) is 24.6 Å². The van der Waals surface area contributed by atoms with Gasteiger partial charge in [0.25, 0.3) is 0 Å². The third-order valence-electron chi connectivity index (χ3n) is 2.72. The van der Waals surface area contributed by atoms with E-state index in [1.165, 1.54) is 0 Å². The fourth-order valence-corrected chi connectivity index (χ4v) is 2.05. The molecule has 0 bridgehead atoms. The van der Waals surface area contributed by atoms with Crippen LogP contribution in [0.2, 0.25) is 0 Å². The zero-order chi connectivity index (χ0) is 15.5. The van der Waals surface area contributed by atoms with Gasteiger partial charge >= 0.3 is 0 Å². The average molecular weight is 379 g/mol. The summed E-state index contributed by atoms with van der Waals surface area (Å²) < 4.78 is 0.832. The van der Waals surface area contributed by atoms with Crippen molar-refractivity contribution >= 4 is 51.5 Å². The molecule has 0 radical (unpaired) electrons. The molecule has 0 unspecified atom stereocenters. The van der Waals surface area contributed by atoms with Gasteiger partial charge in [-0.3, -0.25) is 9.59 Å². The van der Waals surface area contributed by atoms with Gasteiger partial charge in [0.05, 0.1) is 17.9 Å². The zero-order valence-electron chi connectivity index (χ0n) is 12.5. The number of nitrogen functional groups attached to an aromatic ring is 1. The lowest BCUT2D eigenvalue weighted by molar-refractivity contribution is -0.130. The number of carbonyl (C=O) groups is 2. The summed E-state index contributed by atoms with van der Waals surface area (Å²) in [5.74, 6) is -0.488. The van der Waals surface area contributed by atoms with Crippen molar-refractivity contribution in [3.8, 4) is 0 Å². The second-order valence-corrected chi connectivity index (χ2v) is 6.58. The number of aryl methyl sites for hydroxylation is 1. The van der Waals surface area contributed by atoms with Gasteiger partial charge in [0.2, 0.25) is 11.8 Å². The van der Waals surface area contributed by atoms with Gasteiger partial charge in [-0.2, -0.15) is 0 Å². The smallest absolute Gasteiger partial charge is 0.243 e. The molecule has 0 aromatic heterocycles. The van der Waals surface area contributed by atoms with Crippen LogP contribution in [0.5, 0.6) is 0 Å². The minimum atomic E-state index is -0.522. The normalized spacial score (nSPS) is 10.5. The van der Waals surface area contributed by atoms with Gasteiger partial charge in [0.15, 0.2) is 0 Å². The number of anilines is 2. The lowest BCUT2D eigenvalue weighted by Gasteiger charge is -2.17. The molecule has 0 saturated carbocycles. The van der Waals surface area contributed by atoms with Crippen LogP contribution in [0.15, 0.2) is 16.6 Å². The highest BCUT2D eigenvalue weighted by molar-refractivity contribution is 9.10. The Hall–Kier alpha value is -1.27. The number of amides is 2. The van der Waals surface area contributed by atoms with Crippen LogP contribution >= 0.6 is 28.3 Å². The number of carbonyl (C=O) groups excluding carboxylic acids is 2. The summed E-state index contributed by atoms with van der Waals surface area (Å²) in [6, 6.07) is 3.60. The predicted molar refractivity (Wildman–Crippen MR) is 91.6 cm³/mol. The Morgan fingerprint density at radius 3 is 2.38 bits per heavy atom. The first-order valence-electron chi connectivity index (χ1n) is 6.25. The van der Waals surface area contributed by atoms with Crippen molar-refractivity contribution in [2.75, 3.05) is 17.6 Å². The van der Waals surface area contributed by atoms with Crippen molar-refractivity contribution in [2.24, 2.45) is 5.41 Å². The number of hydrogen-bond donors (Lipinski definition) is 3. The van der Waals surface area contributed by atoms with Crippen LogP contribution in [0, 0.1) is 12.3 Å². The third kappa shape index (κ3) is 5.93. The Bertz CT molecular complexity index is 542. The fraction of sp³-hybridized carbons (Fsp3) is 0.429. The van der Waals surface area contributed by atoms with E-state index in [2.05, 4.69) is 26.6 Å². The van der Waals surface area contributed by atoms with E-state index >= 15 is 0 Å². The second kappa shape index (κ2) is 7.66. The SMILES string of the molecule is Cc1cc(Br)cc(NC(=O)CNC(=O)C(C)(C)C)c1N.Cl. The summed E-state index contributed by atoms with van der Waals surface area (Å²) in [5, 5.41) is 5.28. The van der Waals surface area contributed by atoms with E-state index in [0.29, 0.717) is 11.4 Å². The molecule has 118 valence electrons. The molecule has 21 heavy (non-hydrogen) atoms. The number of nitrogens with one attached hydrogen (secondary N) is 2. The van der Waals surface area contributed by atoms with Crippen molar-refractivity contribution in [2.45, 2.75) is 27.7 Å². The van der Waals surface area contributed by atoms with Gasteiger partial charge in [0.1, 0.15) is 0 Å². The first-order valence-corrected chi connectivity index (χ1v) is 7.04. The Balaban J connectivity index is 0.00000400. The van der Waals surface area contributed by atoms with E-state index < -0.39 is 5.41 Å². The Morgan fingerprint density at radius 2 is 1.86 bits per heavy atom. The van der Waals surface area contributed by atoms with Crippen LogP contribution < -0.4 is 16.4 Å². The van der Waals surface area contributed by atoms with E-state index in [1.54, 1.807) is 26.8 Å². The molecule has 1 rings (SSSR count). The molecule has 0 aliphatic heterocycles. The van der Waals surface area contributed by atoms with Crippen LogP contribution in [0.4, 0.5) is 11.4 Å². The molecule has 1 aromatic carbocycles. The molecule has 2 amide bonds. The fourth-order valence-electron chi connectivity index (χ4n) is 1.48. The van der Waals surface area contributed by atoms with Crippen LogP contribution in [0.25, 0.3) is 0 Å². The van der Waals surface area contributed by atoms with Crippen molar-refractivity contribution in [1.82, 2.24) is 5.32 Å². The summed E-state index contributed by atoms with van der Waals surface area (Å²) >= 11 is 3.35. The van der Waals surface area contributed by atoms with Gasteiger partial charge in [-0.1, -0.05) is 36.7 Å². The van der Waals surface area contributed by atoms with Gasteiger partial charge in [-0.15, -0.1) is 12.4 Å². The molecule has 7 heteroatoms. The summed E-state index contributed by atoms with van der Waals surface area (Å²) in [7, 11) is 0. The highest BCUT2D eigenvalue weighted by Crippen LogP contribution is 2.27. The van der Waals surface area contributed by atoms with E-state index in [0.717, 1.165) is 10.0 Å². The summed E-state index contributed by atoms with van der Waals surface area (Å²) in [6.07, 6.45) is 0. The monoisotopic (exact) mass is 377 g/mol. The minimum Gasteiger partial charge on any atom is -0.397 e. The van der Waals surface area contributed by atoms with Crippen molar-refractivity contribution in [1.29, 1.82) is 0 Å². The first kappa shape index (κ1) is 19.7. The Kier molecular flexibility index (Phi) is 7.19. The first-order chi connectivity index (χ1) is 9.11. The van der Waals surface area contributed by atoms with Gasteiger partial charge < -0.3 is 16.4 Å². The summed E-state index contributed by atoms with van der Waals surface area (Å²) in [5.41, 5.74) is 7.30. The topological polar surface area (TPSA) is 84.2 Å². The molecule has 0 spiro atoms. The van der Waals surface area contributed by atoms with Crippen LogP contribution in [0.3, 0.4) is 0 Å². The van der Waals surface area contributed by atoms with Crippen LogP contribution in [0.1, 0.15) is 26.3 Å². The highest BCUT2D eigenvalue weighted by atomic mass is 79.9. The average Bonchev–Trinajstić information content (AvgIpc) is 2.31. The van der Waals surface area contributed by atoms with Crippen LogP contribution in [-0.2, 0) is 9.59 Å². The number of hydrogen-bond acceptors (Lipinski definition) is 3. The zero-order valence-corrected chi connectivity index (χ0v) is 14.9. The second-order valence-electron chi connectivity index (χ2n) is 5.66. The Labute approximate surface area is 139 Å². The van der Waals surface area contributed by atoms with E-state index in [9.17, 15) is 9.59 Å². The van der Waals surface area contributed by atoms with Gasteiger partial charge in [-0.25, -0.2) is 0 Å². The maximum Gasteiger partial charge on any atom is 0.243 e. The van der Waals surface area contributed by atoms with Crippen molar-refractivity contribution in [3.05, 3.63) is 22.2 Å². The maximum atomic E-state index is 11.8. The number of halogens is 2. The third-order valence-corrected chi connectivity index (χ3v) is 3.17. The molecule has 0 heterocycles.